The SMILES string of the molecule is CCC#CC(C)S. The van der Waals surface area contributed by atoms with Crippen molar-refractivity contribution in [3.8, 4) is 11.8 Å². The Morgan fingerprint density at radius 2 is 2.29 bits per heavy atom. The van der Waals surface area contributed by atoms with Crippen molar-refractivity contribution in [3.05, 3.63) is 0 Å². The van der Waals surface area contributed by atoms with Gasteiger partial charge in [0.1, 0.15) is 0 Å². The van der Waals surface area contributed by atoms with Gasteiger partial charge in [0.05, 0.1) is 5.25 Å². The summed E-state index contributed by atoms with van der Waals surface area (Å²) in [5.74, 6) is 5.83. The van der Waals surface area contributed by atoms with E-state index in [4.69, 9.17) is 0 Å². The van der Waals surface area contributed by atoms with Crippen molar-refractivity contribution >= 4 is 12.6 Å². The van der Waals surface area contributed by atoms with E-state index in [1.54, 1.807) is 0 Å². The summed E-state index contributed by atoms with van der Waals surface area (Å²) in [5, 5.41) is 0.236. The van der Waals surface area contributed by atoms with Gasteiger partial charge in [0.25, 0.3) is 0 Å². The molecule has 0 heterocycles. The van der Waals surface area contributed by atoms with E-state index >= 15 is 0 Å². The standard InChI is InChI=1S/C6H10S/c1-3-4-5-6(2)7/h6-7H,3H2,1-2H3. The Hall–Kier alpha value is -0.0900. The third kappa shape index (κ3) is 5.91. The normalized spacial score (nSPS) is 11.9. The van der Waals surface area contributed by atoms with E-state index in [-0.39, 0.29) is 5.25 Å². The van der Waals surface area contributed by atoms with Crippen LogP contribution in [0.4, 0.5) is 0 Å². The lowest BCUT2D eigenvalue weighted by atomic mass is 10.4. The van der Waals surface area contributed by atoms with Gasteiger partial charge in [-0.15, -0.1) is 5.92 Å². The molecule has 0 aliphatic heterocycles. The third-order valence-corrected chi connectivity index (χ3v) is 0.617. The zero-order chi connectivity index (χ0) is 5.70. The Kier molecular flexibility index (Phi) is 4.03. The van der Waals surface area contributed by atoms with Gasteiger partial charge in [0, 0.05) is 6.42 Å². The van der Waals surface area contributed by atoms with Crippen LogP contribution in [0, 0.1) is 11.8 Å². The van der Waals surface area contributed by atoms with Gasteiger partial charge in [-0.2, -0.15) is 12.6 Å². The number of hydrogen-bond donors (Lipinski definition) is 1. The van der Waals surface area contributed by atoms with Crippen LogP contribution in [0.15, 0.2) is 0 Å². The summed E-state index contributed by atoms with van der Waals surface area (Å²) in [6.07, 6.45) is 0.935. The largest absolute Gasteiger partial charge is 0.163 e. The van der Waals surface area contributed by atoms with Crippen LogP contribution in [-0.4, -0.2) is 5.25 Å². The molecule has 0 amide bonds. The molecule has 0 spiro atoms. The Bertz CT molecular complexity index is 84.1. The molecular weight excluding hydrogens is 104 g/mol. The molecular formula is C6H10S. The molecule has 0 aliphatic carbocycles. The van der Waals surface area contributed by atoms with Gasteiger partial charge in [-0.05, 0) is 6.92 Å². The minimum absolute atomic E-state index is 0.236. The first kappa shape index (κ1) is 6.91. The number of thiol groups is 1. The van der Waals surface area contributed by atoms with Crippen molar-refractivity contribution in [1.82, 2.24) is 0 Å². The van der Waals surface area contributed by atoms with E-state index in [0.717, 1.165) is 6.42 Å². The minimum Gasteiger partial charge on any atom is -0.163 e. The second kappa shape index (κ2) is 4.08. The van der Waals surface area contributed by atoms with E-state index < -0.39 is 0 Å². The molecule has 0 radical (unpaired) electrons. The molecule has 0 aliphatic rings. The highest BCUT2D eigenvalue weighted by Crippen LogP contribution is 1.86. The first-order valence-corrected chi connectivity index (χ1v) is 2.95. The van der Waals surface area contributed by atoms with E-state index in [9.17, 15) is 0 Å². The van der Waals surface area contributed by atoms with Crippen molar-refractivity contribution in [2.75, 3.05) is 0 Å². The molecule has 0 fully saturated rings. The predicted molar refractivity (Wildman–Crippen MR) is 36.5 cm³/mol. The average Bonchev–Trinajstić information content (AvgIpc) is 1.61. The van der Waals surface area contributed by atoms with Gasteiger partial charge >= 0.3 is 0 Å². The molecule has 1 heteroatoms. The van der Waals surface area contributed by atoms with Gasteiger partial charge in [-0.3, -0.25) is 0 Å². The lowest BCUT2D eigenvalue weighted by Crippen LogP contribution is -1.80. The van der Waals surface area contributed by atoms with Crippen LogP contribution in [0.25, 0.3) is 0 Å². The second-order valence-electron chi connectivity index (χ2n) is 1.35. The zero-order valence-corrected chi connectivity index (χ0v) is 5.63. The summed E-state index contributed by atoms with van der Waals surface area (Å²) in [5.41, 5.74) is 0. The summed E-state index contributed by atoms with van der Waals surface area (Å²) in [7, 11) is 0. The molecule has 0 saturated carbocycles. The summed E-state index contributed by atoms with van der Waals surface area (Å²) < 4.78 is 0. The summed E-state index contributed by atoms with van der Waals surface area (Å²) in [6.45, 7) is 3.99. The van der Waals surface area contributed by atoms with Gasteiger partial charge in [0.15, 0.2) is 0 Å². The molecule has 0 aromatic heterocycles. The van der Waals surface area contributed by atoms with Crippen LogP contribution in [0.2, 0.25) is 0 Å². The maximum absolute atomic E-state index is 4.06. The fourth-order valence-corrected chi connectivity index (χ4v) is 0.341. The van der Waals surface area contributed by atoms with Gasteiger partial charge in [-0.1, -0.05) is 12.8 Å². The Labute approximate surface area is 50.7 Å². The predicted octanol–water partition coefficient (Wildman–Crippen LogP) is 1.72. The topological polar surface area (TPSA) is 0 Å². The Balaban J connectivity index is 3.24. The molecule has 0 saturated heterocycles. The van der Waals surface area contributed by atoms with Crippen LogP contribution >= 0.6 is 12.6 Å². The first-order chi connectivity index (χ1) is 3.27. The van der Waals surface area contributed by atoms with Crippen molar-refractivity contribution in [1.29, 1.82) is 0 Å². The lowest BCUT2D eigenvalue weighted by molar-refractivity contribution is 1.25. The maximum Gasteiger partial charge on any atom is 0.0598 e. The van der Waals surface area contributed by atoms with Crippen LogP contribution < -0.4 is 0 Å². The smallest absolute Gasteiger partial charge is 0.0598 e. The quantitative estimate of drug-likeness (QED) is 0.360. The fraction of sp³-hybridized carbons (Fsp3) is 0.667. The molecule has 0 bridgehead atoms. The van der Waals surface area contributed by atoms with Gasteiger partial charge in [-0.25, -0.2) is 0 Å². The molecule has 0 N–H and O–H groups in total. The highest BCUT2D eigenvalue weighted by atomic mass is 32.1. The second-order valence-corrected chi connectivity index (χ2v) is 2.13. The van der Waals surface area contributed by atoms with Gasteiger partial charge < -0.3 is 0 Å². The summed E-state index contributed by atoms with van der Waals surface area (Å²) in [4.78, 5) is 0. The van der Waals surface area contributed by atoms with Crippen LogP contribution in [0.5, 0.6) is 0 Å². The molecule has 0 aromatic rings. The molecule has 0 rings (SSSR count). The fourth-order valence-electron chi connectivity index (χ4n) is 0.250. The molecule has 40 valence electrons. The first-order valence-electron chi connectivity index (χ1n) is 2.43. The monoisotopic (exact) mass is 114 g/mol. The van der Waals surface area contributed by atoms with Crippen molar-refractivity contribution < 1.29 is 0 Å². The molecule has 0 aromatic carbocycles. The molecule has 0 nitrogen and oxygen atoms in total. The van der Waals surface area contributed by atoms with Gasteiger partial charge in [0.2, 0.25) is 0 Å². The van der Waals surface area contributed by atoms with E-state index in [0.29, 0.717) is 0 Å². The highest BCUT2D eigenvalue weighted by molar-refractivity contribution is 7.81. The van der Waals surface area contributed by atoms with Crippen LogP contribution in [0.1, 0.15) is 20.3 Å². The van der Waals surface area contributed by atoms with E-state index in [1.165, 1.54) is 0 Å². The van der Waals surface area contributed by atoms with Crippen molar-refractivity contribution in [2.24, 2.45) is 0 Å². The minimum atomic E-state index is 0.236. The average molecular weight is 114 g/mol. The lowest BCUT2D eigenvalue weighted by Gasteiger charge is -1.83. The Morgan fingerprint density at radius 1 is 1.71 bits per heavy atom. The molecule has 1 unspecified atom stereocenters. The highest BCUT2D eigenvalue weighted by Gasteiger charge is 1.78. The third-order valence-electron chi connectivity index (χ3n) is 0.488. The Morgan fingerprint density at radius 3 is 2.43 bits per heavy atom. The number of hydrogen-bond acceptors (Lipinski definition) is 1. The van der Waals surface area contributed by atoms with Crippen molar-refractivity contribution in [2.45, 2.75) is 25.5 Å². The number of rotatable bonds is 0. The molecule has 1 atom stereocenters. The maximum atomic E-state index is 4.06. The van der Waals surface area contributed by atoms with E-state index in [1.807, 2.05) is 13.8 Å². The van der Waals surface area contributed by atoms with Crippen LogP contribution in [-0.2, 0) is 0 Å². The summed E-state index contributed by atoms with van der Waals surface area (Å²) >= 11 is 4.06. The zero-order valence-electron chi connectivity index (χ0n) is 4.73. The van der Waals surface area contributed by atoms with E-state index in [2.05, 4.69) is 24.5 Å². The van der Waals surface area contributed by atoms with Crippen molar-refractivity contribution in [3.63, 3.8) is 0 Å². The summed E-state index contributed by atoms with van der Waals surface area (Å²) in [6, 6.07) is 0. The molecule has 7 heavy (non-hydrogen) atoms. The van der Waals surface area contributed by atoms with Crippen LogP contribution in [0.3, 0.4) is 0 Å².